The fourth-order valence-electron chi connectivity index (χ4n) is 2.15. The van der Waals surface area contributed by atoms with Gasteiger partial charge in [0.15, 0.2) is 0 Å². The molecule has 0 saturated carbocycles. The van der Waals surface area contributed by atoms with Crippen LogP contribution < -0.4 is 5.32 Å². The Labute approximate surface area is 93.5 Å². The molecule has 1 rings (SSSR count). The number of hydrogen-bond acceptors (Lipinski definition) is 3. The van der Waals surface area contributed by atoms with Gasteiger partial charge in [0.05, 0.1) is 6.07 Å². The highest BCUT2D eigenvalue weighted by molar-refractivity contribution is 5.06. The van der Waals surface area contributed by atoms with Crippen LogP contribution in [0.25, 0.3) is 0 Å². The molecule has 3 heteroatoms. The van der Waals surface area contributed by atoms with E-state index in [1.165, 1.54) is 6.42 Å². The van der Waals surface area contributed by atoms with E-state index in [-0.39, 0.29) is 5.54 Å². The summed E-state index contributed by atoms with van der Waals surface area (Å²) >= 11 is 0. The third-order valence-electron chi connectivity index (χ3n) is 3.06. The quantitative estimate of drug-likeness (QED) is 0.747. The highest BCUT2D eigenvalue weighted by Gasteiger charge is 2.29. The SMILES string of the molecule is CCCNC(C)(C#N)CN1CCC(C)C1. The first-order valence-corrected chi connectivity index (χ1v) is 5.98. The number of nitriles is 1. The summed E-state index contributed by atoms with van der Waals surface area (Å²) in [4.78, 5) is 2.40. The second kappa shape index (κ2) is 5.48. The maximum Gasteiger partial charge on any atom is 0.116 e. The maximum atomic E-state index is 9.20. The molecular weight excluding hydrogens is 186 g/mol. The Bertz CT molecular complexity index is 234. The van der Waals surface area contributed by atoms with E-state index in [4.69, 9.17) is 0 Å². The van der Waals surface area contributed by atoms with E-state index in [0.717, 1.165) is 38.5 Å². The zero-order valence-electron chi connectivity index (χ0n) is 10.2. The van der Waals surface area contributed by atoms with E-state index in [1.807, 2.05) is 6.92 Å². The summed E-state index contributed by atoms with van der Waals surface area (Å²) in [5, 5.41) is 12.5. The van der Waals surface area contributed by atoms with E-state index < -0.39 is 0 Å². The van der Waals surface area contributed by atoms with Crippen LogP contribution in [0.2, 0.25) is 0 Å². The monoisotopic (exact) mass is 209 g/mol. The van der Waals surface area contributed by atoms with Crippen LogP contribution in [0, 0.1) is 17.2 Å². The molecule has 1 N–H and O–H groups in total. The largest absolute Gasteiger partial charge is 0.300 e. The van der Waals surface area contributed by atoms with Crippen molar-refractivity contribution in [2.75, 3.05) is 26.2 Å². The van der Waals surface area contributed by atoms with Crippen molar-refractivity contribution < 1.29 is 0 Å². The van der Waals surface area contributed by atoms with Crippen molar-refractivity contribution in [3.8, 4) is 6.07 Å². The fraction of sp³-hybridized carbons (Fsp3) is 0.917. The number of hydrogen-bond donors (Lipinski definition) is 1. The van der Waals surface area contributed by atoms with Crippen molar-refractivity contribution in [1.29, 1.82) is 5.26 Å². The molecule has 2 atom stereocenters. The van der Waals surface area contributed by atoms with Crippen LogP contribution in [0.4, 0.5) is 0 Å². The third-order valence-corrected chi connectivity index (χ3v) is 3.06. The molecule has 1 aliphatic rings. The summed E-state index contributed by atoms with van der Waals surface area (Å²) in [6, 6.07) is 2.40. The fourth-order valence-corrected chi connectivity index (χ4v) is 2.15. The lowest BCUT2D eigenvalue weighted by molar-refractivity contribution is 0.255. The minimum atomic E-state index is -0.375. The van der Waals surface area contributed by atoms with Crippen molar-refractivity contribution in [2.24, 2.45) is 5.92 Å². The summed E-state index contributed by atoms with van der Waals surface area (Å²) in [6.07, 6.45) is 2.35. The molecule has 0 amide bonds. The lowest BCUT2D eigenvalue weighted by Gasteiger charge is -2.28. The van der Waals surface area contributed by atoms with E-state index in [9.17, 15) is 5.26 Å². The average Bonchev–Trinajstić information content (AvgIpc) is 2.61. The predicted molar refractivity (Wildman–Crippen MR) is 62.5 cm³/mol. The predicted octanol–water partition coefficient (Wildman–Crippen LogP) is 1.61. The van der Waals surface area contributed by atoms with Gasteiger partial charge < -0.3 is 4.90 Å². The summed E-state index contributed by atoms with van der Waals surface area (Å²) in [5.74, 6) is 0.791. The molecule has 3 nitrogen and oxygen atoms in total. The smallest absolute Gasteiger partial charge is 0.116 e. The topological polar surface area (TPSA) is 39.1 Å². The van der Waals surface area contributed by atoms with E-state index in [0.29, 0.717) is 0 Å². The molecule has 0 bridgehead atoms. The zero-order valence-corrected chi connectivity index (χ0v) is 10.2. The molecule has 86 valence electrons. The normalized spacial score (nSPS) is 26.1. The first-order chi connectivity index (χ1) is 7.09. The molecule has 1 saturated heterocycles. The highest BCUT2D eigenvalue weighted by atomic mass is 15.2. The number of likely N-dealkylation sites (tertiary alicyclic amines) is 1. The van der Waals surface area contributed by atoms with Gasteiger partial charge in [-0.3, -0.25) is 5.32 Å². The Morgan fingerprint density at radius 3 is 2.80 bits per heavy atom. The molecule has 1 aliphatic heterocycles. The summed E-state index contributed by atoms with van der Waals surface area (Å²) < 4.78 is 0. The van der Waals surface area contributed by atoms with Crippen LogP contribution in [0.5, 0.6) is 0 Å². The van der Waals surface area contributed by atoms with Gasteiger partial charge in [0.25, 0.3) is 0 Å². The minimum Gasteiger partial charge on any atom is -0.300 e. The van der Waals surface area contributed by atoms with Gasteiger partial charge in [0.2, 0.25) is 0 Å². The summed E-state index contributed by atoms with van der Waals surface area (Å²) in [5.41, 5.74) is -0.375. The van der Waals surface area contributed by atoms with Gasteiger partial charge in [-0.25, -0.2) is 0 Å². The van der Waals surface area contributed by atoms with Gasteiger partial charge in [0, 0.05) is 13.1 Å². The minimum absolute atomic E-state index is 0.375. The van der Waals surface area contributed by atoms with Crippen LogP contribution >= 0.6 is 0 Å². The first kappa shape index (κ1) is 12.5. The van der Waals surface area contributed by atoms with Crippen molar-refractivity contribution in [2.45, 2.75) is 39.2 Å². The Kier molecular flexibility index (Phi) is 4.56. The first-order valence-electron chi connectivity index (χ1n) is 5.98. The Balaban J connectivity index is 2.42. The van der Waals surface area contributed by atoms with Crippen molar-refractivity contribution in [3.05, 3.63) is 0 Å². The van der Waals surface area contributed by atoms with E-state index >= 15 is 0 Å². The Morgan fingerprint density at radius 2 is 2.33 bits per heavy atom. The molecule has 0 aromatic heterocycles. The van der Waals surface area contributed by atoms with Gasteiger partial charge >= 0.3 is 0 Å². The van der Waals surface area contributed by atoms with Crippen molar-refractivity contribution in [3.63, 3.8) is 0 Å². The molecular formula is C12H23N3. The standard InChI is InChI=1S/C12H23N3/c1-4-6-14-12(3,9-13)10-15-7-5-11(2)8-15/h11,14H,4-8,10H2,1-3H3. The van der Waals surface area contributed by atoms with E-state index in [2.05, 4.69) is 30.1 Å². The van der Waals surface area contributed by atoms with Crippen molar-refractivity contribution in [1.82, 2.24) is 10.2 Å². The van der Waals surface area contributed by atoms with Gasteiger partial charge in [0.1, 0.15) is 5.54 Å². The van der Waals surface area contributed by atoms with Gasteiger partial charge in [-0.2, -0.15) is 5.26 Å². The van der Waals surface area contributed by atoms with Crippen LogP contribution in [0.1, 0.15) is 33.6 Å². The molecule has 1 fully saturated rings. The van der Waals surface area contributed by atoms with E-state index in [1.54, 1.807) is 0 Å². The molecule has 0 spiro atoms. The van der Waals surface area contributed by atoms with Crippen molar-refractivity contribution >= 4 is 0 Å². The third kappa shape index (κ3) is 3.81. The molecule has 0 aromatic rings. The van der Waals surface area contributed by atoms with Gasteiger partial charge in [-0.15, -0.1) is 0 Å². The van der Waals surface area contributed by atoms with Gasteiger partial charge in [-0.05, 0) is 38.8 Å². The molecule has 15 heavy (non-hydrogen) atoms. The number of nitrogens with one attached hydrogen (secondary N) is 1. The Morgan fingerprint density at radius 1 is 1.60 bits per heavy atom. The van der Waals surface area contributed by atoms with Gasteiger partial charge in [-0.1, -0.05) is 13.8 Å². The number of rotatable bonds is 5. The highest BCUT2D eigenvalue weighted by Crippen LogP contribution is 2.17. The lowest BCUT2D eigenvalue weighted by atomic mass is 10.0. The second-order valence-corrected chi connectivity index (χ2v) is 5.00. The van der Waals surface area contributed by atoms with Crippen LogP contribution in [-0.4, -0.2) is 36.6 Å². The molecule has 0 aromatic carbocycles. The second-order valence-electron chi connectivity index (χ2n) is 5.00. The number of nitrogens with zero attached hydrogens (tertiary/aromatic N) is 2. The molecule has 1 heterocycles. The molecule has 0 radical (unpaired) electrons. The maximum absolute atomic E-state index is 9.20. The van der Waals surface area contributed by atoms with Crippen LogP contribution in [-0.2, 0) is 0 Å². The summed E-state index contributed by atoms with van der Waals surface area (Å²) in [6.45, 7) is 10.5. The van der Waals surface area contributed by atoms with Crippen LogP contribution in [0.3, 0.4) is 0 Å². The molecule has 2 unspecified atom stereocenters. The zero-order chi connectivity index (χ0) is 11.3. The lowest BCUT2D eigenvalue weighted by Crippen LogP contribution is -2.50. The van der Waals surface area contributed by atoms with Crippen LogP contribution in [0.15, 0.2) is 0 Å². The molecule has 0 aliphatic carbocycles. The Hall–Kier alpha value is -0.590. The summed E-state index contributed by atoms with van der Waals surface area (Å²) in [7, 11) is 0. The average molecular weight is 209 g/mol.